The molecule has 5 aromatic rings. The summed E-state index contributed by atoms with van der Waals surface area (Å²) in [6.45, 7) is 10.8. The predicted octanol–water partition coefficient (Wildman–Crippen LogP) is 6.71. The number of aromatic nitrogens is 6. The van der Waals surface area contributed by atoms with Crippen LogP contribution in [0.4, 0.5) is 4.79 Å². The van der Waals surface area contributed by atoms with E-state index in [-0.39, 0.29) is 35.9 Å². The molecule has 2 fully saturated rings. The Balaban J connectivity index is 1.01. The predicted molar refractivity (Wildman–Crippen MR) is 216 cm³/mol. The zero-order valence-corrected chi connectivity index (χ0v) is 33.3. The van der Waals surface area contributed by atoms with E-state index in [4.69, 9.17) is 14.7 Å². The number of methoxy groups -OCH3 is 1. The number of alkyl carbamates (subject to hydrolysis) is 1. The third-order valence-electron chi connectivity index (χ3n) is 11.2. The van der Waals surface area contributed by atoms with Crippen LogP contribution in [0.5, 0.6) is 0 Å². The maximum Gasteiger partial charge on any atom is 0.407 e. The first kappa shape index (κ1) is 39.3. The minimum atomic E-state index is -0.698. The van der Waals surface area contributed by atoms with Crippen molar-refractivity contribution in [3.05, 3.63) is 96.6 Å². The number of nitrogens with zero attached hydrogens (tertiary/aromatic N) is 7. The molecule has 14 heteroatoms. The van der Waals surface area contributed by atoms with Gasteiger partial charge in [0.2, 0.25) is 11.8 Å². The van der Waals surface area contributed by atoms with Gasteiger partial charge >= 0.3 is 6.09 Å². The molecule has 0 saturated carbocycles. The lowest BCUT2D eigenvalue weighted by atomic mass is 10.0. The highest BCUT2D eigenvalue weighted by Crippen LogP contribution is 2.36. The van der Waals surface area contributed by atoms with Gasteiger partial charge in [-0.05, 0) is 55.8 Å². The normalized spacial score (nSPS) is 17.9. The number of benzene rings is 2. The molecule has 298 valence electrons. The minimum Gasteiger partial charge on any atom is -0.453 e. The Labute approximate surface area is 333 Å². The molecule has 0 spiro atoms. The van der Waals surface area contributed by atoms with E-state index in [1.165, 1.54) is 7.11 Å². The number of amides is 3. The number of hydrogen-bond donors (Lipinski definition) is 3. The van der Waals surface area contributed by atoms with Crippen molar-refractivity contribution in [3.8, 4) is 33.9 Å². The first-order valence-electron chi connectivity index (χ1n) is 20.0. The Morgan fingerprint density at radius 1 is 0.825 bits per heavy atom. The van der Waals surface area contributed by atoms with Crippen LogP contribution in [0.1, 0.15) is 88.7 Å². The molecule has 3 amide bonds. The largest absolute Gasteiger partial charge is 0.453 e. The van der Waals surface area contributed by atoms with E-state index in [9.17, 15) is 14.4 Å². The molecule has 14 nitrogen and oxygen atoms in total. The van der Waals surface area contributed by atoms with Crippen molar-refractivity contribution in [1.82, 2.24) is 49.9 Å². The van der Waals surface area contributed by atoms with Gasteiger partial charge in [0.25, 0.3) is 0 Å². The second-order valence-corrected chi connectivity index (χ2v) is 15.0. The first-order valence-corrected chi connectivity index (χ1v) is 20.0. The van der Waals surface area contributed by atoms with E-state index in [0.29, 0.717) is 30.4 Å². The molecule has 0 radical (unpaired) electrons. The summed E-state index contributed by atoms with van der Waals surface area (Å²) >= 11 is 0. The molecule has 0 bridgehead atoms. The van der Waals surface area contributed by atoms with Crippen molar-refractivity contribution in [1.29, 1.82) is 0 Å². The molecule has 7 rings (SSSR count). The van der Waals surface area contributed by atoms with Crippen molar-refractivity contribution in [2.24, 2.45) is 5.92 Å². The summed E-state index contributed by atoms with van der Waals surface area (Å²) in [6, 6.07) is 16.7. The van der Waals surface area contributed by atoms with Crippen LogP contribution in [0.25, 0.3) is 33.9 Å². The SMILES string of the molecule is CCN(CC)[C@@H](C(=O)N1CCC[C@H]1c1ncc(-c2ccc(-c3ncc(-c4c[nH]c([C@@H]5CCCN5C(=O)[C@@H](NC(=O)OC)C(C)C)n4)cn3)cc2)[nH]1)c1ccccc1. The molecule has 2 aliphatic heterocycles. The molecule has 4 atom stereocenters. The van der Waals surface area contributed by atoms with E-state index >= 15 is 0 Å². The van der Waals surface area contributed by atoms with Crippen LogP contribution in [-0.4, -0.2) is 102 Å². The number of likely N-dealkylation sites (N-methyl/N-ethyl adjacent to an activating group) is 1. The van der Waals surface area contributed by atoms with E-state index < -0.39 is 12.1 Å². The number of nitrogens with one attached hydrogen (secondary N) is 3. The number of imidazole rings is 2. The molecule has 57 heavy (non-hydrogen) atoms. The van der Waals surface area contributed by atoms with Crippen LogP contribution in [0, 0.1) is 5.92 Å². The average molecular weight is 773 g/mol. The van der Waals surface area contributed by atoms with Crippen LogP contribution in [-0.2, 0) is 14.3 Å². The zero-order chi connectivity index (χ0) is 40.1. The van der Waals surface area contributed by atoms with Gasteiger partial charge in [-0.2, -0.15) is 0 Å². The van der Waals surface area contributed by atoms with Crippen LogP contribution in [0.2, 0.25) is 0 Å². The highest BCUT2D eigenvalue weighted by Gasteiger charge is 2.39. The lowest BCUT2D eigenvalue weighted by molar-refractivity contribution is -0.138. The van der Waals surface area contributed by atoms with Crippen molar-refractivity contribution in [2.45, 2.75) is 77.5 Å². The third-order valence-corrected chi connectivity index (χ3v) is 11.2. The van der Waals surface area contributed by atoms with E-state index in [1.54, 1.807) is 17.3 Å². The minimum absolute atomic E-state index is 0.113. The van der Waals surface area contributed by atoms with E-state index in [0.717, 1.165) is 72.5 Å². The summed E-state index contributed by atoms with van der Waals surface area (Å²) in [5, 5.41) is 2.69. The van der Waals surface area contributed by atoms with Gasteiger partial charge in [-0.15, -0.1) is 0 Å². The fourth-order valence-electron chi connectivity index (χ4n) is 8.11. The van der Waals surface area contributed by atoms with Crippen LogP contribution in [0.15, 0.2) is 79.4 Å². The summed E-state index contributed by atoms with van der Waals surface area (Å²) in [7, 11) is 1.29. The number of H-pyrrole nitrogens is 2. The smallest absolute Gasteiger partial charge is 0.407 e. The topological polar surface area (TPSA) is 165 Å². The van der Waals surface area contributed by atoms with Crippen molar-refractivity contribution in [3.63, 3.8) is 0 Å². The Morgan fingerprint density at radius 3 is 2.09 bits per heavy atom. The van der Waals surface area contributed by atoms with Crippen molar-refractivity contribution in [2.75, 3.05) is 33.3 Å². The number of carbonyl (C=O) groups excluding carboxylic acids is 3. The van der Waals surface area contributed by atoms with Crippen LogP contribution in [0.3, 0.4) is 0 Å². The van der Waals surface area contributed by atoms with Gasteiger partial charge in [0.15, 0.2) is 5.82 Å². The molecule has 2 aliphatic rings. The highest BCUT2D eigenvalue weighted by molar-refractivity contribution is 5.86. The molecule has 3 aromatic heterocycles. The second kappa shape index (κ2) is 17.5. The van der Waals surface area contributed by atoms with E-state index in [1.807, 2.05) is 85.7 Å². The Morgan fingerprint density at radius 2 is 1.46 bits per heavy atom. The van der Waals surface area contributed by atoms with Crippen LogP contribution >= 0.6 is 0 Å². The van der Waals surface area contributed by atoms with Gasteiger partial charge in [0.05, 0.1) is 36.8 Å². The van der Waals surface area contributed by atoms with E-state index in [2.05, 4.69) is 44.0 Å². The third kappa shape index (κ3) is 8.31. The molecular formula is C43H52N10O4. The summed E-state index contributed by atoms with van der Waals surface area (Å²) in [5.41, 5.74) is 5.16. The Bertz CT molecular complexity index is 2130. The fourth-order valence-corrected chi connectivity index (χ4v) is 8.11. The Hall–Kier alpha value is -5.89. The van der Waals surface area contributed by atoms with Crippen molar-refractivity contribution < 1.29 is 19.1 Å². The molecule has 5 heterocycles. The summed E-state index contributed by atoms with van der Waals surface area (Å²) in [6.07, 6.45) is 9.91. The fraction of sp³-hybridized carbons (Fsp3) is 0.419. The number of likely N-dealkylation sites (tertiary alicyclic amines) is 2. The van der Waals surface area contributed by atoms with Crippen molar-refractivity contribution >= 4 is 17.9 Å². The lowest BCUT2D eigenvalue weighted by Crippen LogP contribution is -2.51. The van der Waals surface area contributed by atoms with Gasteiger partial charge in [0, 0.05) is 42.8 Å². The second-order valence-electron chi connectivity index (χ2n) is 15.0. The summed E-state index contributed by atoms with van der Waals surface area (Å²) in [4.78, 5) is 71.4. The number of ether oxygens (including phenoxy) is 1. The monoisotopic (exact) mass is 772 g/mol. The summed E-state index contributed by atoms with van der Waals surface area (Å²) in [5.74, 6) is 1.91. The molecule has 3 N–H and O–H groups in total. The van der Waals surface area contributed by atoms with Crippen LogP contribution < -0.4 is 5.32 Å². The average Bonchev–Trinajstić information content (AvgIpc) is 4.09. The standard InChI is InChI=1S/C43H52N10O4/c1-6-51(7-2)37(29-13-9-8-10-14-29)42(55)53-22-12-16-35(53)40-46-25-32(48-40)28-17-19-30(20-18-28)38-44-23-31(24-45-38)33-26-47-39(49-33)34-15-11-21-52(34)41(54)36(27(3)4)50-43(56)57-5/h8-10,13-14,17-20,23-27,34-37H,6-7,11-12,15-16,21-22H2,1-5H3,(H,46,48)(H,47,49)(H,50,56)/t34-,35-,36-,37+/m0/s1. The number of carbonyl (C=O) groups is 3. The van der Waals surface area contributed by atoms with Gasteiger partial charge in [0.1, 0.15) is 23.7 Å². The highest BCUT2D eigenvalue weighted by atomic mass is 16.5. The molecular weight excluding hydrogens is 721 g/mol. The molecule has 0 aliphatic carbocycles. The quantitative estimate of drug-likeness (QED) is 0.118. The number of aromatic amines is 2. The molecule has 0 unspecified atom stereocenters. The van der Waals surface area contributed by atoms with Gasteiger partial charge < -0.3 is 29.8 Å². The molecule has 2 saturated heterocycles. The zero-order valence-electron chi connectivity index (χ0n) is 33.3. The maximum absolute atomic E-state index is 14.2. The number of rotatable bonds is 13. The Kier molecular flexibility index (Phi) is 12.1. The first-order chi connectivity index (χ1) is 27.7. The summed E-state index contributed by atoms with van der Waals surface area (Å²) < 4.78 is 4.75. The van der Waals surface area contributed by atoms with Gasteiger partial charge in [-0.1, -0.05) is 82.3 Å². The molecule has 2 aromatic carbocycles. The number of hydrogen-bond acceptors (Lipinski definition) is 9. The van der Waals surface area contributed by atoms with Gasteiger partial charge in [-0.25, -0.2) is 24.7 Å². The maximum atomic E-state index is 14.2. The lowest BCUT2D eigenvalue weighted by Gasteiger charge is -2.34. The van der Waals surface area contributed by atoms with Gasteiger partial charge in [-0.3, -0.25) is 14.5 Å².